The van der Waals surface area contributed by atoms with E-state index in [1.54, 1.807) is 18.1 Å². The van der Waals surface area contributed by atoms with E-state index in [4.69, 9.17) is 13.9 Å². The minimum Gasteiger partial charge on any atom is -0.497 e. The van der Waals surface area contributed by atoms with Crippen molar-refractivity contribution in [1.29, 1.82) is 0 Å². The zero-order valence-corrected chi connectivity index (χ0v) is 16.6. The van der Waals surface area contributed by atoms with Crippen LogP contribution in [0.15, 0.2) is 34.9 Å². The van der Waals surface area contributed by atoms with Gasteiger partial charge in [-0.3, -0.25) is 5.32 Å². The summed E-state index contributed by atoms with van der Waals surface area (Å²) in [4.78, 5) is 25.3. The van der Waals surface area contributed by atoms with Crippen LogP contribution in [0, 0.1) is 6.92 Å². The average Bonchev–Trinajstić information content (AvgIpc) is 3.20. The summed E-state index contributed by atoms with van der Waals surface area (Å²) in [6.45, 7) is 4.67. The van der Waals surface area contributed by atoms with E-state index < -0.39 is 0 Å². The lowest BCUT2D eigenvalue weighted by molar-refractivity contribution is 0.208. The van der Waals surface area contributed by atoms with Gasteiger partial charge >= 0.3 is 6.03 Å². The fourth-order valence-electron chi connectivity index (χ4n) is 3.38. The van der Waals surface area contributed by atoms with E-state index >= 15 is 0 Å². The van der Waals surface area contributed by atoms with Crippen molar-refractivity contribution in [3.05, 3.63) is 36.1 Å². The molecule has 9 heteroatoms. The van der Waals surface area contributed by atoms with Crippen molar-refractivity contribution in [2.75, 3.05) is 50.6 Å². The third-order valence-corrected chi connectivity index (χ3v) is 4.88. The van der Waals surface area contributed by atoms with Gasteiger partial charge < -0.3 is 23.7 Å². The number of carbonyl (C=O) groups excluding carboxylic acids is 1. The number of aromatic nitrogens is 2. The Morgan fingerprint density at radius 3 is 2.62 bits per heavy atom. The van der Waals surface area contributed by atoms with Gasteiger partial charge in [-0.25, -0.2) is 9.78 Å². The number of nitrogens with one attached hydrogen (secondary N) is 1. The largest absolute Gasteiger partial charge is 0.497 e. The predicted molar refractivity (Wildman–Crippen MR) is 109 cm³/mol. The third-order valence-electron chi connectivity index (χ3n) is 4.88. The minimum absolute atomic E-state index is 0.214. The van der Waals surface area contributed by atoms with Crippen molar-refractivity contribution in [3.63, 3.8) is 0 Å². The van der Waals surface area contributed by atoms with E-state index in [-0.39, 0.29) is 17.7 Å². The first-order valence-corrected chi connectivity index (χ1v) is 9.33. The second kappa shape index (κ2) is 7.86. The number of nitrogens with zero attached hydrogens (tertiary/aromatic N) is 4. The number of amides is 2. The monoisotopic (exact) mass is 397 g/mol. The van der Waals surface area contributed by atoms with Gasteiger partial charge in [-0.05, 0) is 24.6 Å². The second-order valence-electron chi connectivity index (χ2n) is 6.81. The molecular weight excluding hydrogens is 374 g/mol. The van der Waals surface area contributed by atoms with Gasteiger partial charge in [0.25, 0.3) is 5.88 Å². The van der Waals surface area contributed by atoms with Gasteiger partial charge in [-0.1, -0.05) is 0 Å². The van der Waals surface area contributed by atoms with Crippen molar-refractivity contribution in [2.45, 2.75) is 6.92 Å². The standard InChI is InChI=1S/C20H23N5O4/c1-13-10-14(12-15(11-13)27-2)24-5-7-25(8-6-24)20(26)22-17-19(28-3)23-18-16(21-17)4-9-29-18/h4,9-12H,5-8H2,1-3H3,(H,21,22,26). The van der Waals surface area contributed by atoms with Crippen molar-refractivity contribution < 1.29 is 18.7 Å². The van der Waals surface area contributed by atoms with Crippen LogP contribution >= 0.6 is 0 Å². The van der Waals surface area contributed by atoms with Crippen LogP contribution in [0.5, 0.6) is 11.6 Å². The number of methoxy groups -OCH3 is 2. The first-order chi connectivity index (χ1) is 14.1. The van der Waals surface area contributed by atoms with E-state index in [1.165, 1.54) is 13.4 Å². The Labute approximate surface area is 168 Å². The van der Waals surface area contributed by atoms with E-state index in [9.17, 15) is 4.79 Å². The summed E-state index contributed by atoms with van der Waals surface area (Å²) >= 11 is 0. The van der Waals surface area contributed by atoms with Crippen molar-refractivity contribution >= 4 is 28.8 Å². The summed E-state index contributed by atoms with van der Waals surface area (Å²) in [5.41, 5.74) is 3.15. The van der Waals surface area contributed by atoms with Gasteiger partial charge in [-0.2, -0.15) is 4.98 Å². The Balaban J connectivity index is 1.42. The maximum absolute atomic E-state index is 12.7. The molecule has 3 heterocycles. The molecule has 4 rings (SSSR count). The van der Waals surface area contributed by atoms with Crippen LogP contribution in [0.3, 0.4) is 0 Å². The lowest BCUT2D eigenvalue weighted by Crippen LogP contribution is -2.50. The predicted octanol–water partition coefficient (Wildman–Crippen LogP) is 2.90. The minimum atomic E-state index is -0.234. The fraction of sp³-hybridized carbons (Fsp3) is 0.350. The number of fused-ring (bicyclic) bond motifs is 1. The number of furan rings is 1. The zero-order valence-electron chi connectivity index (χ0n) is 16.6. The molecule has 1 aliphatic rings. The summed E-state index contributed by atoms with van der Waals surface area (Å²) < 4.78 is 15.8. The molecule has 3 aromatic rings. The van der Waals surface area contributed by atoms with Crippen LogP contribution in [0.2, 0.25) is 0 Å². The Morgan fingerprint density at radius 2 is 1.90 bits per heavy atom. The van der Waals surface area contributed by atoms with Crippen molar-refractivity contribution in [3.8, 4) is 11.6 Å². The van der Waals surface area contributed by atoms with Crippen molar-refractivity contribution in [1.82, 2.24) is 14.9 Å². The summed E-state index contributed by atoms with van der Waals surface area (Å²) in [5.74, 6) is 1.32. The Morgan fingerprint density at radius 1 is 1.10 bits per heavy atom. The number of hydrogen-bond acceptors (Lipinski definition) is 7. The van der Waals surface area contributed by atoms with Crippen LogP contribution in [0.25, 0.3) is 11.2 Å². The van der Waals surface area contributed by atoms with E-state index in [1.807, 2.05) is 19.1 Å². The smallest absolute Gasteiger partial charge is 0.323 e. The molecule has 1 N–H and O–H groups in total. The van der Waals surface area contributed by atoms with Gasteiger partial charge in [0.2, 0.25) is 5.71 Å². The molecule has 0 saturated carbocycles. The van der Waals surface area contributed by atoms with Gasteiger partial charge in [0, 0.05) is 44.0 Å². The lowest BCUT2D eigenvalue weighted by atomic mass is 10.1. The summed E-state index contributed by atoms with van der Waals surface area (Å²) in [7, 11) is 3.14. The molecule has 1 aliphatic heterocycles. The number of benzene rings is 1. The molecule has 2 aromatic heterocycles. The maximum atomic E-state index is 12.7. The molecule has 2 amide bonds. The van der Waals surface area contributed by atoms with Crippen LogP contribution in [0.4, 0.5) is 16.3 Å². The number of anilines is 2. The SMILES string of the molecule is COc1cc(C)cc(N2CCN(C(=O)Nc3nc4ccoc4nc3OC)CC2)c1. The molecule has 1 saturated heterocycles. The molecule has 0 radical (unpaired) electrons. The number of urea groups is 1. The van der Waals surface area contributed by atoms with Crippen molar-refractivity contribution in [2.24, 2.45) is 0 Å². The Kier molecular flexibility index (Phi) is 5.11. The number of carbonyl (C=O) groups is 1. The molecule has 0 bridgehead atoms. The highest BCUT2D eigenvalue weighted by molar-refractivity contribution is 5.90. The molecule has 0 spiro atoms. The van der Waals surface area contributed by atoms with Gasteiger partial charge in [0.1, 0.15) is 11.3 Å². The first-order valence-electron chi connectivity index (χ1n) is 9.33. The maximum Gasteiger partial charge on any atom is 0.323 e. The number of hydrogen-bond donors (Lipinski definition) is 1. The fourth-order valence-corrected chi connectivity index (χ4v) is 3.38. The van der Waals surface area contributed by atoms with Crippen LogP contribution in [-0.2, 0) is 0 Å². The first kappa shape index (κ1) is 18.9. The van der Waals surface area contributed by atoms with E-state index in [2.05, 4.69) is 26.3 Å². The highest BCUT2D eigenvalue weighted by Crippen LogP contribution is 2.26. The molecule has 1 fully saturated rings. The molecule has 1 aromatic carbocycles. The average molecular weight is 397 g/mol. The molecule has 0 unspecified atom stereocenters. The van der Waals surface area contributed by atoms with Gasteiger partial charge in [-0.15, -0.1) is 0 Å². The highest BCUT2D eigenvalue weighted by Gasteiger charge is 2.23. The van der Waals surface area contributed by atoms with Gasteiger partial charge in [0.05, 0.1) is 20.5 Å². The molecule has 9 nitrogen and oxygen atoms in total. The van der Waals surface area contributed by atoms with Crippen LogP contribution in [-0.4, -0.2) is 61.3 Å². The van der Waals surface area contributed by atoms with E-state index in [0.717, 1.165) is 30.1 Å². The highest BCUT2D eigenvalue weighted by atomic mass is 16.5. The topological polar surface area (TPSA) is 93.0 Å². The number of piperazine rings is 1. The quantitative estimate of drug-likeness (QED) is 0.723. The third kappa shape index (κ3) is 3.89. The number of aryl methyl sites for hydroxylation is 1. The van der Waals surface area contributed by atoms with Crippen LogP contribution in [0.1, 0.15) is 5.56 Å². The number of rotatable bonds is 4. The van der Waals surface area contributed by atoms with Gasteiger partial charge in [0.15, 0.2) is 5.82 Å². The van der Waals surface area contributed by atoms with Crippen LogP contribution < -0.4 is 19.7 Å². The molecular formula is C20H23N5O4. The van der Waals surface area contributed by atoms with E-state index in [0.29, 0.717) is 24.3 Å². The number of ether oxygens (including phenoxy) is 2. The Hall–Kier alpha value is -3.49. The molecule has 29 heavy (non-hydrogen) atoms. The summed E-state index contributed by atoms with van der Waals surface area (Å²) in [6.07, 6.45) is 1.50. The summed E-state index contributed by atoms with van der Waals surface area (Å²) in [5, 5.41) is 2.80. The second-order valence-corrected chi connectivity index (χ2v) is 6.81. The molecule has 0 atom stereocenters. The summed E-state index contributed by atoms with van der Waals surface area (Å²) in [6, 6.07) is 7.59. The molecule has 0 aliphatic carbocycles. The zero-order chi connectivity index (χ0) is 20.4. The lowest BCUT2D eigenvalue weighted by Gasteiger charge is -2.36. The normalized spacial score (nSPS) is 14.2. The molecule has 152 valence electrons. The Bertz CT molecular complexity index is 1030.